The Balaban J connectivity index is 1.80. The molecule has 0 amide bonds. The first kappa shape index (κ1) is 16.1. The molecule has 2 heterocycles. The van der Waals surface area contributed by atoms with Crippen molar-refractivity contribution >= 4 is 5.65 Å². The zero-order valence-corrected chi connectivity index (χ0v) is 14.7. The highest BCUT2D eigenvalue weighted by Crippen LogP contribution is 2.37. The van der Waals surface area contributed by atoms with E-state index in [4.69, 9.17) is 9.47 Å². The van der Waals surface area contributed by atoms with Crippen molar-refractivity contribution in [1.82, 2.24) is 9.38 Å². The first-order valence-corrected chi connectivity index (χ1v) is 8.48. The fourth-order valence-corrected chi connectivity index (χ4v) is 3.54. The molecule has 0 spiro atoms. The van der Waals surface area contributed by atoms with Gasteiger partial charge < -0.3 is 19.0 Å². The van der Waals surface area contributed by atoms with E-state index in [-0.39, 0.29) is 6.10 Å². The lowest BCUT2D eigenvalue weighted by molar-refractivity contribution is 0.0500. The number of rotatable bonds is 4. The molecule has 1 aliphatic carbocycles. The van der Waals surface area contributed by atoms with Crippen molar-refractivity contribution in [3.63, 3.8) is 0 Å². The number of ether oxygens (including phenoxy) is 2. The molecule has 0 saturated carbocycles. The van der Waals surface area contributed by atoms with Crippen molar-refractivity contribution in [1.29, 1.82) is 0 Å². The molecule has 2 aromatic heterocycles. The zero-order chi connectivity index (χ0) is 17.6. The number of aryl methyl sites for hydroxylation is 2. The molecule has 3 aromatic rings. The molecule has 1 N–H and O–H groups in total. The lowest BCUT2D eigenvalue weighted by atomic mass is 10.1. The number of methoxy groups -OCH3 is 1. The molecule has 0 fully saturated rings. The van der Waals surface area contributed by atoms with Crippen LogP contribution in [0.2, 0.25) is 0 Å². The number of fused-ring (bicyclic) bond motifs is 2. The molecule has 0 bridgehead atoms. The van der Waals surface area contributed by atoms with Gasteiger partial charge in [-0.25, -0.2) is 4.98 Å². The third-order valence-electron chi connectivity index (χ3n) is 4.92. The van der Waals surface area contributed by atoms with Crippen molar-refractivity contribution in [3.05, 3.63) is 64.6 Å². The predicted molar refractivity (Wildman–Crippen MR) is 94.9 cm³/mol. The highest BCUT2D eigenvalue weighted by molar-refractivity contribution is 5.58. The number of hydrogen-bond acceptors (Lipinski definition) is 4. The summed E-state index contributed by atoms with van der Waals surface area (Å²) in [6.45, 7) is 4.52. The number of benzene rings is 1. The summed E-state index contributed by atoms with van der Waals surface area (Å²) in [6.07, 6.45) is 1.71. The SMILES string of the molecule is COCc1cc(OC2c3ccccc3CC2O)c2nc(C)c(C)n2c1. The van der Waals surface area contributed by atoms with Crippen molar-refractivity contribution in [3.8, 4) is 5.75 Å². The highest BCUT2D eigenvalue weighted by atomic mass is 16.5. The Morgan fingerprint density at radius 3 is 2.88 bits per heavy atom. The van der Waals surface area contributed by atoms with Gasteiger partial charge in [-0.1, -0.05) is 24.3 Å². The van der Waals surface area contributed by atoms with Crippen LogP contribution in [0.25, 0.3) is 5.65 Å². The van der Waals surface area contributed by atoms with Gasteiger partial charge >= 0.3 is 0 Å². The maximum absolute atomic E-state index is 10.5. The van der Waals surface area contributed by atoms with Crippen molar-refractivity contribution in [2.75, 3.05) is 7.11 Å². The molecule has 5 nitrogen and oxygen atoms in total. The van der Waals surface area contributed by atoms with Crippen LogP contribution >= 0.6 is 0 Å². The molecule has 4 rings (SSSR count). The molecule has 5 heteroatoms. The molecule has 2 unspecified atom stereocenters. The van der Waals surface area contributed by atoms with Crippen LogP contribution in [0.5, 0.6) is 5.75 Å². The minimum atomic E-state index is -0.555. The first-order valence-electron chi connectivity index (χ1n) is 8.48. The standard InChI is InChI=1S/C20H22N2O3/c1-12-13(2)22-10-14(11-24-3)8-18(20(22)21-12)25-19-16-7-5-4-6-15(16)9-17(19)23/h4-8,10,17,19,23H,9,11H2,1-3H3. The fourth-order valence-electron chi connectivity index (χ4n) is 3.54. The zero-order valence-electron chi connectivity index (χ0n) is 14.7. The van der Waals surface area contributed by atoms with Gasteiger partial charge in [-0.15, -0.1) is 0 Å². The summed E-state index contributed by atoms with van der Waals surface area (Å²) in [6, 6.07) is 10.00. The van der Waals surface area contributed by atoms with Crippen LogP contribution in [-0.2, 0) is 17.8 Å². The van der Waals surface area contributed by atoms with Crippen LogP contribution in [0.1, 0.15) is 34.2 Å². The Hall–Kier alpha value is -2.37. The third kappa shape index (κ3) is 2.69. The molecule has 2 atom stereocenters. The van der Waals surface area contributed by atoms with Gasteiger partial charge in [0.15, 0.2) is 17.5 Å². The molecule has 130 valence electrons. The average Bonchev–Trinajstić information content (AvgIpc) is 3.06. The summed E-state index contributed by atoms with van der Waals surface area (Å²) in [7, 11) is 1.67. The van der Waals surface area contributed by atoms with E-state index >= 15 is 0 Å². The Kier molecular flexibility index (Phi) is 3.98. The van der Waals surface area contributed by atoms with Crippen molar-refractivity contribution in [2.45, 2.75) is 39.1 Å². The number of nitrogens with zero attached hydrogens (tertiary/aromatic N) is 2. The van der Waals surface area contributed by atoms with E-state index in [1.165, 1.54) is 0 Å². The van der Waals surface area contributed by atoms with Gasteiger partial charge in [0.1, 0.15) is 0 Å². The molecule has 1 aliphatic rings. The quantitative estimate of drug-likeness (QED) is 0.794. The second-order valence-corrected chi connectivity index (χ2v) is 6.63. The monoisotopic (exact) mass is 338 g/mol. The van der Waals surface area contributed by atoms with Gasteiger partial charge in [0.2, 0.25) is 0 Å². The smallest absolute Gasteiger partial charge is 0.180 e. The number of aliphatic hydroxyl groups is 1. The summed E-state index contributed by atoms with van der Waals surface area (Å²) >= 11 is 0. The topological polar surface area (TPSA) is 56.0 Å². The van der Waals surface area contributed by atoms with E-state index in [2.05, 4.69) is 4.98 Å². The molecule has 25 heavy (non-hydrogen) atoms. The second kappa shape index (κ2) is 6.17. The largest absolute Gasteiger partial charge is 0.479 e. The van der Waals surface area contributed by atoms with Gasteiger partial charge in [-0.05, 0) is 36.6 Å². The number of imidazole rings is 1. The molecule has 0 aliphatic heterocycles. The van der Waals surface area contributed by atoms with Crippen molar-refractivity contribution in [2.24, 2.45) is 0 Å². The summed E-state index contributed by atoms with van der Waals surface area (Å²) < 4.78 is 13.6. The summed E-state index contributed by atoms with van der Waals surface area (Å²) in [5.41, 5.74) is 6.00. The van der Waals surface area contributed by atoms with E-state index < -0.39 is 6.10 Å². The van der Waals surface area contributed by atoms with Gasteiger partial charge in [0.25, 0.3) is 0 Å². The van der Waals surface area contributed by atoms with Crippen molar-refractivity contribution < 1.29 is 14.6 Å². The normalized spacial score (nSPS) is 19.4. The first-order chi connectivity index (χ1) is 12.1. The lowest BCUT2D eigenvalue weighted by Gasteiger charge is -2.19. The highest BCUT2D eigenvalue weighted by Gasteiger charge is 2.33. The van der Waals surface area contributed by atoms with E-state index in [0.29, 0.717) is 18.8 Å². The van der Waals surface area contributed by atoms with E-state index in [0.717, 1.165) is 33.7 Å². The Bertz CT molecular complexity index is 932. The van der Waals surface area contributed by atoms with Crippen LogP contribution in [0, 0.1) is 13.8 Å². The molecular formula is C20H22N2O3. The average molecular weight is 338 g/mol. The molecular weight excluding hydrogens is 316 g/mol. The fraction of sp³-hybridized carbons (Fsp3) is 0.350. The third-order valence-corrected chi connectivity index (χ3v) is 4.92. The Labute approximate surface area is 146 Å². The van der Waals surface area contributed by atoms with Crippen LogP contribution in [0.3, 0.4) is 0 Å². The minimum absolute atomic E-state index is 0.380. The van der Waals surface area contributed by atoms with E-state index in [9.17, 15) is 5.11 Å². The van der Waals surface area contributed by atoms with Gasteiger partial charge in [0.05, 0.1) is 18.4 Å². The maximum Gasteiger partial charge on any atom is 0.180 e. The lowest BCUT2D eigenvalue weighted by Crippen LogP contribution is -2.19. The van der Waals surface area contributed by atoms with Gasteiger partial charge in [-0.2, -0.15) is 0 Å². The van der Waals surface area contributed by atoms with Crippen LogP contribution in [0.4, 0.5) is 0 Å². The maximum atomic E-state index is 10.5. The second-order valence-electron chi connectivity index (χ2n) is 6.63. The van der Waals surface area contributed by atoms with Crippen LogP contribution < -0.4 is 4.74 Å². The van der Waals surface area contributed by atoms with Crippen LogP contribution in [-0.4, -0.2) is 27.7 Å². The van der Waals surface area contributed by atoms with Crippen LogP contribution in [0.15, 0.2) is 36.5 Å². The predicted octanol–water partition coefficient (Wildman–Crippen LogP) is 3.13. The Morgan fingerprint density at radius 1 is 1.28 bits per heavy atom. The number of hydrogen-bond donors (Lipinski definition) is 1. The van der Waals surface area contributed by atoms with E-state index in [1.54, 1.807) is 7.11 Å². The van der Waals surface area contributed by atoms with Gasteiger partial charge in [-0.3, -0.25) is 0 Å². The number of pyridine rings is 1. The molecule has 0 saturated heterocycles. The summed E-state index contributed by atoms with van der Waals surface area (Å²) in [5, 5.41) is 10.5. The molecule has 0 radical (unpaired) electrons. The number of aromatic nitrogens is 2. The molecule has 1 aromatic carbocycles. The van der Waals surface area contributed by atoms with E-state index in [1.807, 2.05) is 54.8 Å². The summed E-state index contributed by atoms with van der Waals surface area (Å²) in [4.78, 5) is 4.65. The Morgan fingerprint density at radius 2 is 2.08 bits per heavy atom. The van der Waals surface area contributed by atoms with Gasteiger partial charge in [0, 0.05) is 25.4 Å². The minimum Gasteiger partial charge on any atom is -0.479 e. The number of aliphatic hydroxyl groups excluding tert-OH is 1. The summed E-state index contributed by atoms with van der Waals surface area (Å²) in [5.74, 6) is 0.673.